The van der Waals surface area contributed by atoms with Crippen LogP contribution in [0.4, 0.5) is 5.69 Å². The molecule has 92 valence electrons. The van der Waals surface area contributed by atoms with Crippen LogP contribution in [-0.4, -0.2) is 24.2 Å². The number of H-pyrrole nitrogens is 1. The molecule has 1 aromatic heterocycles. The predicted molar refractivity (Wildman–Crippen MR) is 64.3 cm³/mol. The second-order valence-corrected chi connectivity index (χ2v) is 3.28. The van der Waals surface area contributed by atoms with Crippen LogP contribution in [-0.2, 0) is 0 Å². The van der Waals surface area contributed by atoms with Gasteiger partial charge in [-0.2, -0.15) is 0 Å². The molecule has 0 aliphatic carbocycles. The molecule has 0 radical (unpaired) electrons. The molecule has 0 aliphatic heterocycles. The third-order valence-corrected chi connectivity index (χ3v) is 2.39. The number of hydrogen-bond donors (Lipinski definition) is 1. The van der Waals surface area contributed by atoms with E-state index in [9.17, 15) is 4.79 Å². The first-order valence-corrected chi connectivity index (χ1v) is 4.90. The summed E-state index contributed by atoms with van der Waals surface area (Å²) >= 11 is 0. The van der Waals surface area contributed by atoms with Crippen molar-refractivity contribution in [3.8, 4) is 11.5 Å². The van der Waals surface area contributed by atoms with Crippen LogP contribution < -0.4 is 15.0 Å². The van der Waals surface area contributed by atoms with Crippen LogP contribution in [0.15, 0.2) is 22.3 Å². The van der Waals surface area contributed by atoms with E-state index in [2.05, 4.69) is 20.0 Å². The summed E-state index contributed by atoms with van der Waals surface area (Å²) in [5.74, 6) is 0.534. The number of rotatable bonds is 3. The Labute approximate surface area is 101 Å². The number of nitrogens with zero attached hydrogens (tertiary/aromatic N) is 4. The van der Waals surface area contributed by atoms with E-state index in [1.807, 2.05) is 0 Å². The first kappa shape index (κ1) is 11.7. The second kappa shape index (κ2) is 4.64. The van der Waals surface area contributed by atoms with Crippen LogP contribution in [0.1, 0.15) is 0 Å². The number of methoxy groups -OCH3 is 2. The molecule has 0 saturated carbocycles. The van der Waals surface area contributed by atoms with E-state index in [0.717, 1.165) is 0 Å². The number of azide groups is 1. The Morgan fingerprint density at radius 1 is 1.44 bits per heavy atom. The van der Waals surface area contributed by atoms with Crippen molar-refractivity contribution in [2.45, 2.75) is 0 Å². The van der Waals surface area contributed by atoms with Gasteiger partial charge in [-0.25, -0.2) is 4.98 Å². The van der Waals surface area contributed by atoms with Gasteiger partial charge in [0, 0.05) is 11.0 Å². The summed E-state index contributed by atoms with van der Waals surface area (Å²) in [6.45, 7) is 0. The maximum atomic E-state index is 11.8. The van der Waals surface area contributed by atoms with Gasteiger partial charge in [0.1, 0.15) is 0 Å². The van der Waals surface area contributed by atoms with E-state index in [1.54, 1.807) is 6.07 Å². The smallest absolute Gasteiger partial charge is 0.259 e. The molecule has 18 heavy (non-hydrogen) atoms. The van der Waals surface area contributed by atoms with E-state index in [0.29, 0.717) is 11.3 Å². The van der Waals surface area contributed by atoms with Gasteiger partial charge in [-0.3, -0.25) is 4.79 Å². The lowest BCUT2D eigenvalue weighted by Gasteiger charge is -2.11. The Morgan fingerprint density at radius 2 is 2.22 bits per heavy atom. The van der Waals surface area contributed by atoms with Gasteiger partial charge in [-0.1, -0.05) is 5.11 Å². The minimum atomic E-state index is -0.414. The molecule has 0 bridgehead atoms. The second-order valence-electron chi connectivity index (χ2n) is 3.28. The topological polar surface area (TPSA) is 113 Å². The molecule has 8 nitrogen and oxygen atoms in total. The average molecular weight is 247 g/mol. The van der Waals surface area contributed by atoms with E-state index in [1.165, 1.54) is 20.5 Å². The predicted octanol–water partition coefficient (Wildman–Crippen LogP) is 1.88. The summed E-state index contributed by atoms with van der Waals surface area (Å²) in [4.78, 5) is 20.9. The Kier molecular flexibility index (Phi) is 3.03. The number of nitrogens with one attached hydrogen (secondary N) is 1. The van der Waals surface area contributed by atoms with Gasteiger partial charge < -0.3 is 14.5 Å². The molecule has 1 N–H and O–H groups in total. The van der Waals surface area contributed by atoms with Gasteiger partial charge >= 0.3 is 0 Å². The molecule has 0 saturated heterocycles. The van der Waals surface area contributed by atoms with Crippen molar-refractivity contribution in [2.24, 2.45) is 5.11 Å². The highest BCUT2D eigenvalue weighted by atomic mass is 16.5. The van der Waals surface area contributed by atoms with Crippen LogP contribution in [0.2, 0.25) is 0 Å². The maximum Gasteiger partial charge on any atom is 0.259 e. The van der Waals surface area contributed by atoms with E-state index >= 15 is 0 Å². The molecular weight excluding hydrogens is 238 g/mol. The Hall–Kier alpha value is -2.73. The van der Waals surface area contributed by atoms with Crippen LogP contribution in [0, 0.1) is 0 Å². The van der Waals surface area contributed by atoms with Gasteiger partial charge in [0.15, 0.2) is 11.5 Å². The van der Waals surface area contributed by atoms with Gasteiger partial charge in [-0.05, 0) is 5.53 Å². The maximum absolute atomic E-state index is 11.8. The zero-order valence-electron chi connectivity index (χ0n) is 9.67. The lowest BCUT2D eigenvalue weighted by atomic mass is 10.2. The number of aromatic nitrogens is 2. The molecule has 0 amide bonds. The molecule has 2 aromatic rings. The van der Waals surface area contributed by atoms with E-state index in [4.69, 9.17) is 15.0 Å². The van der Waals surface area contributed by atoms with Crippen molar-refractivity contribution in [1.82, 2.24) is 9.97 Å². The third-order valence-electron chi connectivity index (χ3n) is 2.39. The van der Waals surface area contributed by atoms with Crippen molar-refractivity contribution in [1.29, 1.82) is 0 Å². The molecule has 1 aromatic carbocycles. The zero-order chi connectivity index (χ0) is 13.1. The first-order chi connectivity index (χ1) is 8.72. The Morgan fingerprint density at radius 3 is 2.83 bits per heavy atom. The highest BCUT2D eigenvalue weighted by molar-refractivity contribution is 5.94. The lowest BCUT2D eigenvalue weighted by Crippen LogP contribution is -2.07. The number of hydrogen-bond acceptors (Lipinski definition) is 5. The molecular formula is C10H9N5O3. The summed E-state index contributed by atoms with van der Waals surface area (Å²) in [6, 6.07) is 1.54. The van der Waals surface area contributed by atoms with Crippen molar-refractivity contribution < 1.29 is 9.47 Å². The largest absolute Gasteiger partial charge is 0.493 e. The van der Waals surface area contributed by atoms with Gasteiger partial charge in [0.25, 0.3) is 5.56 Å². The highest BCUT2D eigenvalue weighted by Crippen LogP contribution is 2.41. The quantitative estimate of drug-likeness (QED) is 0.506. The summed E-state index contributed by atoms with van der Waals surface area (Å²) in [7, 11) is 2.83. The fraction of sp³-hybridized carbons (Fsp3) is 0.200. The fourth-order valence-corrected chi connectivity index (χ4v) is 1.66. The van der Waals surface area contributed by atoms with Gasteiger partial charge in [0.2, 0.25) is 0 Å². The molecule has 0 spiro atoms. The van der Waals surface area contributed by atoms with E-state index < -0.39 is 5.56 Å². The normalized spacial score (nSPS) is 9.89. The SMILES string of the molecule is COc1cc2nc[nH]c(=O)c2c(N=[N+]=[N-])c1OC. The third kappa shape index (κ3) is 1.70. The zero-order valence-corrected chi connectivity index (χ0v) is 9.67. The minimum Gasteiger partial charge on any atom is -0.493 e. The summed E-state index contributed by atoms with van der Waals surface area (Å²) in [5.41, 5.74) is 8.59. The molecule has 0 atom stereocenters. The number of aromatic amines is 1. The fourth-order valence-electron chi connectivity index (χ4n) is 1.66. The summed E-state index contributed by atoms with van der Waals surface area (Å²) < 4.78 is 10.2. The first-order valence-electron chi connectivity index (χ1n) is 4.90. The lowest BCUT2D eigenvalue weighted by molar-refractivity contribution is 0.356. The van der Waals surface area contributed by atoms with Crippen molar-refractivity contribution in [3.05, 3.63) is 33.2 Å². The van der Waals surface area contributed by atoms with Crippen molar-refractivity contribution in [2.75, 3.05) is 14.2 Å². The molecule has 2 rings (SSSR count). The highest BCUT2D eigenvalue weighted by Gasteiger charge is 2.16. The molecule has 0 fully saturated rings. The van der Waals surface area contributed by atoms with Crippen LogP contribution >= 0.6 is 0 Å². The number of ether oxygens (including phenoxy) is 2. The van der Waals surface area contributed by atoms with Crippen molar-refractivity contribution >= 4 is 16.6 Å². The van der Waals surface area contributed by atoms with E-state index in [-0.39, 0.29) is 16.8 Å². The summed E-state index contributed by atoms with van der Waals surface area (Å²) in [6.07, 6.45) is 1.26. The minimum absolute atomic E-state index is 0.0590. The average Bonchev–Trinajstić information content (AvgIpc) is 2.38. The van der Waals surface area contributed by atoms with Crippen LogP contribution in [0.25, 0.3) is 21.3 Å². The van der Waals surface area contributed by atoms with Gasteiger partial charge in [0.05, 0.1) is 37.1 Å². The molecule has 0 unspecified atom stereocenters. The van der Waals surface area contributed by atoms with Crippen LogP contribution in [0.3, 0.4) is 0 Å². The van der Waals surface area contributed by atoms with Gasteiger partial charge in [-0.15, -0.1) is 0 Å². The number of fused-ring (bicyclic) bond motifs is 1. The number of benzene rings is 1. The summed E-state index contributed by atoms with van der Waals surface area (Å²) in [5, 5.41) is 3.65. The molecule has 0 aliphatic rings. The van der Waals surface area contributed by atoms with Crippen molar-refractivity contribution in [3.63, 3.8) is 0 Å². The standard InChI is InChI=1S/C10H9N5O3/c1-17-6-3-5-7(10(16)13-4-12-5)8(14-15-11)9(6)18-2/h3-4H,1-2H3,(H,12,13,16). The monoisotopic (exact) mass is 247 g/mol. The molecule has 1 heterocycles. The molecule has 8 heteroatoms. The van der Waals surface area contributed by atoms with Crippen LogP contribution in [0.5, 0.6) is 11.5 Å². The Balaban J connectivity index is 3.03. The Bertz CT molecular complexity index is 702.